The van der Waals surface area contributed by atoms with E-state index in [1.807, 2.05) is 0 Å². The van der Waals surface area contributed by atoms with E-state index in [1.54, 1.807) is 12.1 Å². The molecule has 1 aromatic heterocycles. The molecule has 3 aromatic rings. The van der Waals surface area contributed by atoms with Crippen molar-refractivity contribution in [2.75, 3.05) is 6.54 Å². The first-order valence-corrected chi connectivity index (χ1v) is 11.8. The molecule has 0 aliphatic carbocycles. The summed E-state index contributed by atoms with van der Waals surface area (Å²) in [6, 6.07) is 8.89. The Morgan fingerprint density at radius 1 is 1.08 bits per heavy atom. The molecule has 3 rings (SSSR count). The average molecular weight is 580 g/mol. The second kappa shape index (κ2) is 11.9. The number of aromatic nitrogens is 3. The Morgan fingerprint density at radius 2 is 1.76 bits per heavy atom. The summed E-state index contributed by atoms with van der Waals surface area (Å²) in [6.45, 7) is -1.50. The summed E-state index contributed by atoms with van der Waals surface area (Å²) < 4.78 is 40.2. The van der Waals surface area contributed by atoms with Crippen LogP contribution in [0.5, 0.6) is 0 Å². The van der Waals surface area contributed by atoms with Crippen molar-refractivity contribution in [2.24, 2.45) is 5.73 Å². The van der Waals surface area contributed by atoms with Crippen LogP contribution in [-0.2, 0) is 17.9 Å². The number of nitrogens with one attached hydrogen (secondary N) is 2. The number of halogens is 6. The molecule has 0 radical (unpaired) electrons. The van der Waals surface area contributed by atoms with Gasteiger partial charge in [-0.2, -0.15) is 13.2 Å². The zero-order chi connectivity index (χ0) is 27.3. The number of carbonyl (C=O) groups is 2. The van der Waals surface area contributed by atoms with Crippen molar-refractivity contribution in [3.8, 4) is 11.4 Å². The van der Waals surface area contributed by atoms with Gasteiger partial charge < -0.3 is 16.4 Å². The van der Waals surface area contributed by atoms with Gasteiger partial charge in [-0.15, -0.1) is 5.10 Å². The molecule has 0 bridgehead atoms. The lowest BCUT2D eigenvalue weighted by Crippen LogP contribution is -2.42. The summed E-state index contributed by atoms with van der Waals surface area (Å²) in [5.74, 6) is -0.805. The summed E-state index contributed by atoms with van der Waals surface area (Å²) in [5.41, 5.74) is 4.91. The van der Waals surface area contributed by atoms with Gasteiger partial charge in [-0.3, -0.25) is 9.36 Å². The van der Waals surface area contributed by atoms with Crippen LogP contribution in [0.4, 0.5) is 18.0 Å². The van der Waals surface area contributed by atoms with E-state index >= 15 is 0 Å². The van der Waals surface area contributed by atoms with Crippen molar-refractivity contribution >= 4 is 46.7 Å². The number of rotatable bonds is 9. The van der Waals surface area contributed by atoms with Gasteiger partial charge >= 0.3 is 17.9 Å². The first-order chi connectivity index (χ1) is 17.4. The van der Waals surface area contributed by atoms with Crippen LogP contribution in [-0.4, -0.2) is 39.0 Å². The predicted octanol–water partition coefficient (Wildman–Crippen LogP) is 4.15. The molecule has 1 heterocycles. The number of nitrogens with two attached hydrogens (primary N) is 1. The van der Waals surface area contributed by atoms with Gasteiger partial charge in [0.1, 0.15) is 6.54 Å². The van der Waals surface area contributed by atoms with E-state index in [1.165, 1.54) is 30.3 Å². The van der Waals surface area contributed by atoms with E-state index in [9.17, 15) is 27.6 Å². The van der Waals surface area contributed by atoms with Crippen LogP contribution >= 0.6 is 34.8 Å². The molecule has 0 fully saturated rings. The molecule has 0 aliphatic rings. The van der Waals surface area contributed by atoms with Crippen LogP contribution in [0.1, 0.15) is 18.0 Å². The molecule has 0 saturated heterocycles. The van der Waals surface area contributed by atoms with E-state index < -0.39 is 49.4 Å². The highest BCUT2D eigenvalue weighted by molar-refractivity contribution is 6.42. The summed E-state index contributed by atoms with van der Waals surface area (Å²) in [5, 5.41) is 9.76. The first kappa shape index (κ1) is 28.4. The molecule has 37 heavy (non-hydrogen) atoms. The minimum absolute atomic E-state index is 0.0662. The summed E-state index contributed by atoms with van der Waals surface area (Å²) in [7, 11) is 0. The fourth-order valence-electron chi connectivity index (χ4n) is 3.40. The molecule has 1 unspecified atom stereocenters. The van der Waals surface area contributed by atoms with Gasteiger partial charge in [0, 0.05) is 23.7 Å². The maximum absolute atomic E-state index is 12.9. The lowest BCUT2D eigenvalue weighted by molar-refractivity contribution is -0.136. The van der Waals surface area contributed by atoms with Crippen LogP contribution in [0.25, 0.3) is 11.4 Å². The number of hydrogen-bond donors (Lipinski definition) is 3. The molecule has 9 nitrogen and oxygen atoms in total. The van der Waals surface area contributed by atoms with Gasteiger partial charge in [0.25, 0.3) is 0 Å². The van der Waals surface area contributed by atoms with Crippen molar-refractivity contribution in [3.05, 3.63) is 73.6 Å². The number of primary amides is 1. The Balaban J connectivity index is 1.90. The van der Waals surface area contributed by atoms with Crippen LogP contribution < -0.4 is 22.1 Å². The zero-order valence-electron chi connectivity index (χ0n) is 18.9. The summed E-state index contributed by atoms with van der Waals surface area (Å²) >= 11 is 18.2. The molecular formula is C22H20Cl3F3N6O3. The molecule has 1 atom stereocenters. The molecule has 0 spiro atoms. The van der Waals surface area contributed by atoms with Crippen molar-refractivity contribution in [1.82, 2.24) is 25.0 Å². The van der Waals surface area contributed by atoms with E-state index in [2.05, 4.69) is 15.7 Å². The lowest BCUT2D eigenvalue weighted by Gasteiger charge is -2.21. The Bertz CT molecular complexity index is 1340. The maximum atomic E-state index is 12.9. The third-order valence-corrected chi connectivity index (χ3v) is 6.20. The van der Waals surface area contributed by atoms with Gasteiger partial charge in [-0.1, -0.05) is 46.9 Å². The minimum atomic E-state index is -4.52. The summed E-state index contributed by atoms with van der Waals surface area (Å²) in [6.07, 6.45) is -5.80. The van der Waals surface area contributed by atoms with E-state index in [4.69, 9.17) is 40.5 Å². The molecule has 198 valence electrons. The number of urea groups is 1. The number of carbonyl (C=O) groups excluding carboxylic acids is 2. The fraction of sp³-hybridized carbons (Fsp3) is 0.273. The number of benzene rings is 2. The Labute approximate surface area is 223 Å². The predicted molar refractivity (Wildman–Crippen MR) is 133 cm³/mol. The monoisotopic (exact) mass is 578 g/mol. The van der Waals surface area contributed by atoms with Gasteiger partial charge in [-0.05, 0) is 35.9 Å². The molecule has 2 aromatic carbocycles. The highest BCUT2D eigenvalue weighted by Gasteiger charge is 2.29. The highest BCUT2D eigenvalue weighted by Crippen LogP contribution is 2.30. The van der Waals surface area contributed by atoms with Crippen LogP contribution in [0.3, 0.4) is 0 Å². The SMILES string of the molecule is NC(=O)NCC(NC(=O)Cn1nc(-c2ccc(Cl)cc2)n(CCC(F)(F)F)c1=O)c1cccc(Cl)c1Cl. The van der Waals surface area contributed by atoms with E-state index in [-0.39, 0.29) is 22.4 Å². The van der Waals surface area contributed by atoms with Gasteiger partial charge in [0.15, 0.2) is 5.82 Å². The lowest BCUT2D eigenvalue weighted by atomic mass is 10.1. The fourth-order valence-corrected chi connectivity index (χ4v) is 3.97. The zero-order valence-corrected chi connectivity index (χ0v) is 21.1. The van der Waals surface area contributed by atoms with E-state index in [0.29, 0.717) is 16.1 Å². The molecule has 4 N–H and O–H groups in total. The van der Waals surface area contributed by atoms with Crippen LogP contribution in [0.2, 0.25) is 15.1 Å². The normalized spacial score (nSPS) is 12.3. The van der Waals surface area contributed by atoms with E-state index in [0.717, 1.165) is 9.25 Å². The standard InChI is InChI=1S/C22H20Cl3F3N6O3/c23-13-6-4-12(5-7-13)19-32-34(21(37)33(19)9-8-22(26,27)28)11-17(35)31-16(10-30-20(29)36)14-2-1-3-15(24)18(14)25/h1-7,16H,8-11H2,(H,31,35)(H3,29,30,36). The van der Waals surface area contributed by atoms with Gasteiger partial charge in [0.2, 0.25) is 5.91 Å². The van der Waals surface area contributed by atoms with Crippen LogP contribution in [0, 0.1) is 0 Å². The quantitative estimate of drug-likeness (QED) is 0.352. The largest absolute Gasteiger partial charge is 0.390 e. The summed E-state index contributed by atoms with van der Waals surface area (Å²) in [4.78, 5) is 37.0. The maximum Gasteiger partial charge on any atom is 0.390 e. The first-order valence-electron chi connectivity index (χ1n) is 10.6. The molecular weight excluding hydrogens is 560 g/mol. The Hall–Kier alpha value is -3.22. The molecule has 0 saturated carbocycles. The second-order valence-electron chi connectivity index (χ2n) is 7.80. The van der Waals surface area contributed by atoms with Gasteiger partial charge in [0.05, 0.1) is 22.5 Å². The third kappa shape index (κ3) is 7.63. The minimum Gasteiger partial charge on any atom is -0.352 e. The van der Waals surface area contributed by atoms with Crippen molar-refractivity contribution in [1.29, 1.82) is 0 Å². The van der Waals surface area contributed by atoms with Gasteiger partial charge in [-0.25, -0.2) is 14.3 Å². The number of amides is 3. The van der Waals surface area contributed by atoms with Crippen molar-refractivity contribution < 1.29 is 22.8 Å². The topological polar surface area (TPSA) is 124 Å². The highest BCUT2D eigenvalue weighted by atomic mass is 35.5. The van der Waals surface area contributed by atoms with Crippen LogP contribution in [0.15, 0.2) is 47.3 Å². The third-order valence-electron chi connectivity index (χ3n) is 5.11. The smallest absolute Gasteiger partial charge is 0.352 e. The molecule has 3 amide bonds. The number of hydrogen-bond acceptors (Lipinski definition) is 4. The number of alkyl halides is 3. The second-order valence-corrected chi connectivity index (χ2v) is 9.02. The molecule has 15 heteroatoms. The van der Waals surface area contributed by atoms with Crippen molar-refractivity contribution in [3.63, 3.8) is 0 Å². The molecule has 0 aliphatic heterocycles. The Morgan fingerprint density at radius 3 is 2.38 bits per heavy atom. The Kier molecular flexibility index (Phi) is 9.11. The average Bonchev–Trinajstić information content (AvgIpc) is 3.12. The van der Waals surface area contributed by atoms with Crippen molar-refractivity contribution in [2.45, 2.75) is 31.7 Å². The number of nitrogens with zero attached hydrogens (tertiary/aromatic N) is 3.